The number of allylic oxidation sites excluding steroid dienone is 1. The maximum atomic E-state index is 11.8. The van der Waals surface area contributed by atoms with Gasteiger partial charge in [0.05, 0.1) is 0 Å². The predicted molar refractivity (Wildman–Crippen MR) is 73.9 cm³/mol. The van der Waals surface area contributed by atoms with Crippen LogP contribution in [-0.4, -0.2) is 5.78 Å². The third-order valence-corrected chi connectivity index (χ3v) is 2.88. The molecule has 84 valence electrons. The summed E-state index contributed by atoms with van der Waals surface area (Å²) in [6.45, 7) is 0. The first kappa shape index (κ1) is 11.8. The third kappa shape index (κ3) is 3.40. The van der Waals surface area contributed by atoms with Gasteiger partial charge in [0.25, 0.3) is 0 Å². The Morgan fingerprint density at radius 3 is 2.24 bits per heavy atom. The normalized spacial score (nSPS) is 10.6. The Morgan fingerprint density at radius 1 is 0.941 bits per heavy atom. The Morgan fingerprint density at radius 2 is 1.59 bits per heavy atom. The van der Waals surface area contributed by atoms with Crippen molar-refractivity contribution in [2.75, 3.05) is 0 Å². The van der Waals surface area contributed by atoms with Crippen LogP contribution in [0.5, 0.6) is 0 Å². The monoisotopic (exact) mass is 286 g/mol. The highest BCUT2D eigenvalue weighted by Gasteiger charge is 1.98. The Bertz CT molecular complexity index is 527. The van der Waals surface area contributed by atoms with Crippen molar-refractivity contribution in [2.24, 2.45) is 0 Å². The zero-order valence-electron chi connectivity index (χ0n) is 9.14. The Labute approximate surface area is 109 Å². The number of carbonyl (C=O) groups is 1. The fourth-order valence-electron chi connectivity index (χ4n) is 1.44. The van der Waals surface area contributed by atoms with Gasteiger partial charge in [0.2, 0.25) is 0 Å². The molecular weight excluding hydrogens is 276 g/mol. The van der Waals surface area contributed by atoms with Gasteiger partial charge in [0.1, 0.15) is 0 Å². The molecule has 0 N–H and O–H groups in total. The minimum absolute atomic E-state index is 0.0218. The molecule has 0 aliphatic rings. The number of benzene rings is 2. The number of carbonyl (C=O) groups excluding carboxylic acids is 1. The molecule has 0 radical (unpaired) electrons. The van der Waals surface area contributed by atoms with E-state index in [1.807, 2.05) is 60.7 Å². The predicted octanol–water partition coefficient (Wildman–Crippen LogP) is 4.35. The molecule has 2 rings (SSSR count). The standard InChI is InChI=1S/C15H11BrO/c16-14-9-6-12(7-10-14)8-11-15(17)13-4-2-1-3-5-13/h1-11H/b11-8-. The molecule has 0 bridgehead atoms. The third-order valence-electron chi connectivity index (χ3n) is 2.36. The molecule has 0 spiro atoms. The van der Waals surface area contributed by atoms with E-state index in [1.165, 1.54) is 0 Å². The SMILES string of the molecule is O=C(/C=C\c1ccc(Br)cc1)c1ccccc1. The lowest BCUT2D eigenvalue weighted by molar-refractivity contribution is 0.104. The molecule has 0 aliphatic carbocycles. The molecule has 2 heteroatoms. The number of hydrogen-bond acceptors (Lipinski definition) is 1. The minimum atomic E-state index is 0.0218. The number of ketones is 1. The molecule has 0 saturated heterocycles. The van der Waals surface area contributed by atoms with Gasteiger partial charge in [-0.15, -0.1) is 0 Å². The molecule has 2 aromatic rings. The van der Waals surface area contributed by atoms with E-state index in [2.05, 4.69) is 15.9 Å². The summed E-state index contributed by atoms with van der Waals surface area (Å²) in [7, 11) is 0. The van der Waals surface area contributed by atoms with Crippen LogP contribution in [0, 0.1) is 0 Å². The van der Waals surface area contributed by atoms with E-state index in [0.717, 1.165) is 10.0 Å². The molecule has 0 amide bonds. The summed E-state index contributed by atoms with van der Waals surface area (Å²) in [5, 5.41) is 0. The summed E-state index contributed by atoms with van der Waals surface area (Å²) in [5.74, 6) is 0.0218. The van der Waals surface area contributed by atoms with Crippen molar-refractivity contribution in [3.05, 3.63) is 76.3 Å². The molecule has 17 heavy (non-hydrogen) atoms. The van der Waals surface area contributed by atoms with Crippen LogP contribution in [0.2, 0.25) is 0 Å². The van der Waals surface area contributed by atoms with Crippen LogP contribution in [0.4, 0.5) is 0 Å². The van der Waals surface area contributed by atoms with E-state index in [0.29, 0.717) is 5.56 Å². The maximum absolute atomic E-state index is 11.8. The average Bonchev–Trinajstić information content (AvgIpc) is 2.39. The van der Waals surface area contributed by atoms with Crippen LogP contribution >= 0.6 is 15.9 Å². The fourth-order valence-corrected chi connectivity index (χ4v) is 1.71. The number of rotatable bonds is 3. The summed E-state index contributed by atoms with van der Waals surface area (Å²) in [6.07, 6.45) is 3.42. The van der Waals surface area contributed by atoms with Gasteiger partial charge in [-0.2, -0.15) is 0 Å². The summed E-state index contributed by atoms with van der Waals surface area (Å²) < 4.78 is 1.03. The zero-order chi connectivity index (χ0) is 12.1. The van der Waals surface area contributed by atoms with Crippen molar-refractivity contribution >= 4 is 27.8 Å². The van der Waals surface area contributed by atoms with E-state index in [-0.39, 0.29) is 5.78 Å². The van der Waals surface area contributed by atoms with Crippen LogP contribution in [-0.2, 0) is 0 Å². The first-order valence-electron chi connectivity index (χ1n) is 5.29. The quantitative estimate of drug-likeness (QED) is 0.606. The molecular formula is C15H11BrO. The van der Waals surface area contributed by atoms with Crippen molar-refractivity contribution in [3.63, 3.8) is 0 Å². The van der Waals surface area contributed by atoms with E-state index < -0.39 is 0 Å². The van der Waals surface area contributed by atoms with Gasteiger partial charge in [-0.3, -0.25) is 4.79 Å². The topological polar surface area (TPSA) is 17.1 Å². The molecule has 0 aromatic heterocycles. The smallest absolute Gasteiger partial charge is 0.185 e. The van der Waals surface area contributed by atoms with Crippen molar-refractivity contribution in [1.29, 1.82) is 0 Å². The first-order valence-corrected chi connectivity index (χ1v) is 6.08. The van der Waals surface area contributed by atoms with Crippen molar-refractivity contribution in [2.45, 2.75) is 0 Å². The minimum Gasteiger partial charge on any atom is -0.289 e. The Kier molecular flexibility index (Phi) is 3.89. The summed E-state index contributed by atoms with van der Waals surface area (Å²) in [5.41, 5.74) is 1.72. The van der Waals surface area contributed by atoms with Crippen LogP contribution in [0.1, 0.15) is 15.9 Å². The van der Waals surface area contributed by atoms with Crippen LogP contribution in [0.3, 0.4) is 0 Å². The molecule has 0 unspecified atom stereocenters. The summed E-state index contributed by atoms with van der Waals surface area (Å²) in [6, 6.07) is 17.1. The van der Waals surface area contributed by atoms with E-state index in [4.69, 9.17) is 0 Å². The molecule has 0 fully saturated rings. The first-order chi connectivity index (χ1) is 8.25. The Balaban J connectivity index is 2.11. The van der Waals surface area contributed by atoms with Crippen molar-refractivity contribution in [1.82, 2.24) is 0 Å². The maximum Gasteiger partial charge on any atom is 0.185 e. The molecule has 0 saturated carbocycles. The summed E-state index contributed by atoms with van der Waals surface area (Å²) >= 11 is 3.37. The molecule has 0 atom stereocenters. The molecule has 2 aromatic carbocycles. The second-order valence-corrected chi connectivity index (χ2v) is 4.53. The second kappa shape index (κ2) is 5.60. The molecule has 0 aliphatic heterocycles. The van der Waals surface area contributed by atoms with Gasteiger partial charge in [0, 0.05) is 10.0 Å². The van der Waals surface area contributed by atoms with Crippen LogP contribution in [0.15, 0.2) is 65.1 Å². The summed E-state index contributed by atoms with van der Waals surface area (Å²) in [4.78, 5) is 11.8. The Hall–Kier alpha value is -1.67. The lowest BCUT2D eigenvalue weighted by atomic mass is 10.1. The van der Waals surface area contributed by atoms with Gasteiger partial charge in [-0.1, -0.05) is 64.5 Å². The highest BCUT2D eigenvalue weighted by Crippen LogP contribution is 2.12. The fraction of sp³-hybridized carbons (Fsp3) is 0. The van der Waals surface area contributed by atoms with Crippen molar-refractivity contribution in [3.8, 4) is 0 Å². The second-order valence-electron chi connectivity index (χ2n) is 3.62. The van der Waals surface area contributed by atoms with Crippen molar-refractivity contribution < 1.29 is 4.79 Å². The average molecular weight is 287 g/mol. The zero-order valence-corrected chi connectivity index (χ0v) is 10.7. The highest BCUT2D eigenvalue weighted by atomic mass is 79.9. The molecule has 1 nitrogen and oxygen atoms in total. The lowest BCUT2D eigenvalue weighted by Gasteiger charge is -1.95. The van der Waals surface area contributed by atoms with Gasteiger partial charge < -0.3 is 0 Å². The van der Waals surface area contributed by atoms with Gasteiger partial charge in [-0.25, -0.2) is 0 Å². The largest absolute Gasteiger partial charge is 0.289 e. The van der Waals surface area contributed by atoms with E-state index in [9.17, 15) is 4.79 Å². The van der Waals surface area contributed by atoms with Gasteiger partial charge in [0.15, 0.2) is 5.78 Å². The van der Waals surface area contributed by atoms with E-state index >= 15 is 0 Å². The number of halogens is 1. The highest BCUT2D eigenvalue weighted by molar-refractivity contribution is 9.10. The number of hydrogen-bond donors (Lipinski definition) is 0. The van der Waals surface area contributed by atoms with Crippen LogP contribution < -0.4 is 0 Å². The van der Waals surface area contributed by atoms with Gasteiger partial charge >= 0.3 is 0 Å². The van der Waals surface area contributed by atoms with Crippen LogP contribution in [0.25, 0.3) is 6.08 Å². The van der Waals surface area contributed by atoms with E-state index in [1.54, 1.807) is 6.08 Å². The lowest BCUT2D eigenvalue weighted by Crippen LogP contribution is -1.92. The molecule has 0 heterocycles. The van der Waals surface area contributed by atoms with Gasteiger partial charge in [-0.05, 0) is 23.8 Å².